The number of ether oxygens (including phenoxy) is 1. The molecule has 0 aliphatic carbocycles. The van der Waals surface area contributed by atoms with Gasteiger partial charge in [0.05, 0.1) is 24.2 Å². The second kappa shape index (κ2) is 9.02. The van der Waals surface area contributed by atoms with E-state index in [9.17, 15) is 18.3 Å². The van der Waals surface area contributed by atoms with Crippen molar-refractivity contribution in [3.8, 4) is 0 Å². The van der Waals surface area contributed by atoms with Crippen LogP contribution in [-0.2, 0) is 14.8 Å². The van der Waals surface area contributed by atoms with E-state index in [-0.39, 0.29) is 30.1 Å². The third kappa shape index (κ3) is 4.89. The Morgan fingerprint density at radius 1 is 1.18 bits per heavy atom. The molecule has 2 aromatic carbocycles. The van der Waals surface area contributed by atoms with Crippen LogP contribution in [0, 0.1) is 0 Å². The number of hydrogen-bond donors (Lipinski definition) is 2. The van der Waals surface area contributed by atoms with Gasteiger partial charge in [0.1, 0.15) is 0 Å². The summed E-state index contributed by atoms with van der Waals surface area (Å²) >= 11 is 5.82. The molecule has 0 saturated carbocycles. The van der Waals surface area contributed by atoms with Gasteiger partial charge in [-0.25, -0.2) is 8.42 Å². The first-order chi connectivity index (χ1) is 13.4. The summed E-state index contributed by atoms with van der Waals surface area (Å²) in [6.45, 7) is 1.25. The van der Waals surface area contributed by atoms with E-state index in [0.29, 0.717) is 23.8 Å². The van der Waals surface area contributed by atoms with Gasteiger partial charge in [0.15, 0.2) is 0 Å². The van der Waals surface area contributed by atoms with Crippen LogP contribution in [0.1, 0.15) is 22.0 Å². The molecular weight excluding hydrogens is 404 g/mol. The van der Waals surface area contributed by atoms with E-state index in [4.69, 9.17) is 16.3 Å². The molecule has 1 heterocycles. The topological polar surface area (TPSA) is 95.9 Å². The molecule has 1 aliphatic heterocycles. The summed E-state index contributed by atoms with van der Waals surface area (Å²) in [7, 11) is -3.68. The Balaban J connectivity index is 1.67. The highest BCUT2D eigenvalue weighted by atomic mass is 35.5. The Hall–Kier alpha value is -1.97. The third-order valence-electron chi connectivity index (χ3n) is 4.41. The number of rotatable bonds is 6. The standard InChI is InChI=1S/C19H21ClN2O5S/c20-16-6-4-14(5-7-16)18(23)13-21-19(24)15-2-1-3-17(12-15)28(25,26)22-8-10-27-11-9-22/h1-7,12,18,23H,8-11,13H2,(H,21,24)/t18-/m1/s1. The van der Waals surface area contributed by atoms with Crippen LogP contribution in [0.5, 0.6) is 0 Å². The first-order valence-corrected chi connectivity index (χ1v) is 10.6. The highest BCUT2D eigenvalue weighted by Gasteiger charge is 2.26. The maximum atomic E-state index is 12.7. The molecule has 1 saturated heterocycles. The summed E-state index contributed by atoms with van der Waals surface area (Å²) in [5.74, 6) is -0.466. The molecule has 1 aliphatic rings. The molecule has 0 aromatic heterocycles. The zero-order chi connectivity index (χ0) is 20.1. The van der Waals surface area contributed by atoms with Gasteiger partial charge in [-0.1, -0.05) is 29.8 Å². The molecule has 28 heavy (non-hydrogen) atoms. The number of amides is 1. The van der Waals surface area contributed by atoms with Crippen molar-refractivity contribution in [2.75, 3.05) is 32.8 Å². The Morgan fingerprint density at radius 3 is 2.54 bits per heavy atom. The van der Waals surface area contributed by atoms with E-state index in [2.05, 4.69) is 5.32 Å². The molecule has 7 nitrogen and oxygen atoms in total. The minimum Gasteiger partial charge on any atom is -0.387 e. The Morgan fingerprint density at radius 2 is 1.86 bits per heavy atom. The molecule has 1 atom stereocenters. The highest BCUT2D eigenvalue weighted by Crippen LogP contribution is 2.19. The average Bonchev–Trinajstić information content (AvgIpc) is 2.73. The summed E-state index contributed by atoms with van der Waals surface area (Å²) in [4.78, 5) is 12.5. The molecule has 0 radical (unpaired) electrons. The summed E-state index contributed by atoms with van der Waals surface area (Å²) < 4.78 is 32.0. The number of halogens is 1. The van der Waals surface area contributed by atoms with Crippen LogP contribution in [-0.4, -0.2) is 56.6 Å². The minimum absolute atomic E-state index is 0.0130. The van der Waals surface area contributed by atoms with E-state index < -0.39 is 22.0 Å². The average molecular weight is 425 g/mol. The van der Waals surface area contributed by atoms with Crippen molar-refractivity contribution in [2.45, 2.75) is 11.0 Å². The summed E-state index contributed by atoms with van der Waals surface area (Å²) in [6, 6.07) is 12.5. The lowest BCUT2D eigenvalue weighted by molar-refractivity contribution is 0.0730. The van der Waals surface area contributed by atoms with Crippen LogP contribution in [0.25, 0.3) is 0 Å². The number of carbonyl (C=O) groups excluding carboxylic acids is 1. The Bertz CT molecular complexity index is 928. The monoisotopic (exact) mass is 424 g/mol. The van der Waals surface area contributed by atoms with Gasteiger partial charge >= 0.3 is 0 Å². The number of sulfonamides is 1. The SMILES string of the molecule is O=C(NC[C@@H](O)c1ccc(Cl)cc1)c1cccc(S(=O)(=O)N2CCOCC2)c1. The molecule has 2 aromatic rings. The lowest BCUT2D eigenvalue weighted by atomic mass is 10.1. The maximum Gasteiger partial charge on any atom is 0.251 e. The molecule has 3 rings (SSSR count). The second-order valence-corrected chi connectivity index (χ2v) is 8.70. The molecule has 1 amide bonds. The number of morpholine rings is 1. The Labute approximate surface area is 168 Å². The largest absolute Gasteiger partial charge is 0.387 e. The number of carbonyl (C=O) groups is 1. The van der Waals surface area contributed by atoms with Gasteiger partial charge in [0.2, 0.25) is 10.0 Å². The predicted molar refractivity (Wildman–Crippen MR) is 105 cm³/mol. The molecule has 0 bridgehead atoms. The quantitative estimate of drug-likeness (QED) is 0.737. The van der Waals surface area contributed by atoms with Gasteiger partial charge in [-0.3, -0.25) is 4.79 Å². The first-order valence-electron chi connectivity index (χ1n) is 8.77. The van der Waals surface area contributed by atoms with E-state index in [1.165, 1.54) is 28.6 Å². The summed E-state index contributed by atoms with van der Waals surface area (Å²) in [6.07, 6.45) is -0.901. The molecule has 1 fully saturated rings. The van der Waals surface area contributed by atoms with Gasteiger partial charge in [0, 0.05) is 30.2 Å². The van der Waals surface area contributed by atoms with Crippen molar-refractivity contribution >= 4 is 27.5 Å². The highest BCUT2D eigenvalue weighted by molar-refractivity contribution is 7.89. The third-order valence-corrected chi connectivity index (χ3v) is 6.56. The number of nitrogens with zero attached hydrogens (tertiary/aromatic N) is 1. The number of nitrogens with one attached hydrogen (secondary N) is 1. The molecule has 9 heteroatoms. The maximum absolute atomic E-state index is 12.7. The van der Waals surface area contributed by atoms with E-state index >= 15 is 0 Å². The van der Waals surface area contributed by atoms with Gasteiger partial charge in [0.25, 0.3) is 5.91 Å². The van der Waals surface area contributed by atoms with Crippen molar-refractivity contribution < 1.29 is 23.1 Å². The van der Waals surface area contributed by atoms with Gasteiger partial charge in [-0.05, 0) is 35.9 Å². The van der Waals surface area contributed by atoms with E-state index in [1.807, 2.05) is 0 Å². The zero-order valence-corrected chi connectivity index (χ0v) is 16.6. The number of benzene rings is 2. The van der Waals surface area contributed by atoms with E-state index in [1.54, 1.807) is 24.3 Å². The summed E-state index contributed by atoms with van der Waals surface area (Å²) in [5.41, 5.74) is 0.825. The molecule has 0 spiro atoms. The van der Waals surface area contributed by atoms with Gasteiger partial charge < -0.3 is 15.2 Å². The van der Waals surface area contributed by atoms with E-state index in [0.717, 1.165) is 0 Å². The van der Waals surface area contributed by atoms with Crippen molar-refractivity contribution in [3.63, 3.8) is 0 Å². The normalized spacial score (nSPS) is 16.5. The molecular formula is C19H21ClN2O5S. The number of hydrogen-bond acceptors (Lipinski definition) is 5. The van der Waals surface area contributed by atoms with Crippen LogP contribution in [0.4, 0.5) is 0 Å². The number of aliphatic hydroxyl groups excluding tert-OH is 1. The smallest absolute Gasteiger partial charge is 0.251 e. The van der Waals surface area contributed by atoms with Crippen LogP contribution < -0.4 is 5.32 Å². The lowest BCUT2D eigenvalue weighted by Gasteiger charge is -2.26. The Kier molecular flexibility index (Phi) is 6.69. The fourth-order valence-electron chi connectivity index (χ4n) is 2.83. The van der Waals surface area contributed by atoms with Crippen molar-refractivity contribution in [1.82, 2.24) is 9.62 Å². The molecule has 150 valence electrons. The predicted octanol–water partition coefficient (Wildman–Crippen LogP) is 1.82. The molecule has 2 N–H and O–H groups in total. The molecule has 0 unspecified atom stereocenters. The van der Waals surface area contributed by atoms with Crippen molar-refractivity contribution in [3.05, 3.63) is 64.7 Å². The lowest BCUT2D eigenvalue weighted by Crippen LogP contribution is -2.40. The van der Waals surface area contributed by atoms with Crippen LogP contribution >= 0.6 is 11.6 Å². The first kappa shape index (κ1) is 20.8. The van der Waals surface area contributed by atoms with Crippen molar-refractivity contribution in [1.29, 1.82) is 0 Å². The van der Waals surface area contributed by atoms with Crippen molar-refractivity contribution in [2.24, 2.45) is 0 Å². The number of aliphatic hydroxyl groups is 1. The van der Waals surface area contributed by atoms with Gasteiger partial charge in [-0.2, -0.15) is 4.31 Å². The van der Waals surface area contributed by atoms with Crippen LogP contribution in [0.2, 0.25) is 5.02 Å². The second-order valence-electron chi connectivity index (χ2n) is 6.32. The fraction of sp³-hybridized carbons (Fsp3) is 0.316. The minimum atomic E-state index is -3.68. The van der Waals surface area contributed by atoms with Gasteiger partial charge in [-0.15, -0.1) is 0 Å². The zero-order valence-electron chi connectivity index (χ0n) is 15.0. The van der Waals surface area contributed by atoms with Crippen LogP contribution in [0.3, 0.4) is 0 Å². The fourth-order valence-corrected chi connectivity index (χ4v) is 4.41. The van der Waals surface area contributed by atoms with Crippen LogP contribution in [0.15, 0.2) is 53.4 Å². The summed E-state index contributed by atoms with van der Waals surface area (Å²) in [5, 5.41) is 13.4.